The Labute approximate surface area is 93.1 Å². The van der Waals surface area contributed by atoms with Gasteiger partial charge in [-0.1, -0.05) is 0 Å². The number of aryl methyl sites for hydroxylation is 1. The van der Waals surface area contributed by atoms with Crippen LogP contribution in [0.3, 0.4) is 0 Å². The fraction of sp³-hybridized carbons (Fsp3) is 0.300. The van der Waals surface area contributed by atoms with Gasteiger partial charge in [-0.15, -0.1) is 5.10 Å². The van der Waals surface area contributed by atoms with Crippen LogP contribution in [0.4, 0.5) is 0 Å². The number of hydrogen-bond donors (Lipinski definition) is 1. The van der Waals surface area contributed by atoms with E-state index in [1.54, 1.807) is 30.3 Å². The molecule has 6 nitrogen and oxygen atoms in total. The summed E-state index contributed by atoms with van der Waals surface area (Å²) in [6.45, 7) is 1.90. The van der Waals surface area contributed by atoms with Crippen LogP contribution < -0.4 is 10.5 Å². The number of aromatic nitrogens is 4. The number of nitrogens with two attached hydrogens (primary N) is 1. The minimum Gasteiger partial charge on any atom is -0.404 e. The highest BCUT2D eigenvalue weighted by Gasteiger charge is 2.05. The van der Waals surface area contributed by atoms with Crippen molar-refractivity contribution in [2.24, 2.45) is 12.8 Å². The third-order valence-corrected chi connectivity index (χ3v) is 2.06. The third-order valence-electron chi connectivity index (χ3n) is 2.06. The Bertz CT molecular complexity index is 480. The average Bonchev–Trinajstić information content (AvgIpc) is 2.64. The van der Waals surface area contributed by atoms with Crippen LogP contribution in [0.2, 0.25) is 0 Å². The molecule has 0 spiro atoms. The van der Waals surface area contributed by atoms with Crippen LogP contribution in [-0.2, 0) is 7.05 Å². The van der Waals surface area contributed by atoms with Crippen molar-refractivity contribution >= 4 is 0 Å². The molecule has 0 amide bonds. The minimum atomic E-state index is -0.0537. The van der Waals surface area contributed by atoms with Crippen molar-refractivity contribution in [1.82, 2.24) is 19.7 Å². The molecule has 0 fully saturated rings. The van der Waals surface area contributed by atoms with Gasteiger partial charge in [0.25, 0.3) is 0 Å². The third kappa shape index (κ3) is 2.34. The van der Waals surface area contributed by atoms with Gasteiger partial charge >= 0.3 is 6.01 Å². The van der Waals surface area contributed by atoms with Gasteiger partial charge in [-0.3, -0.25) is 4.68 Å². The zero-order valence-corrected chi connectivity index (χ0v) is 9.16. The number of rotatable bonds is 3. The van der Waals surface area contributed by atoms with E-state index in [0.717, 1.165) is 5.56 Å². The van der Waals surface area contributed by atoms with Crippen molar-refractivity contribution in [3.63, 3.8) is 0 Å². The van der Waals surface area contributed by atoms with Crippen molar-refractivity contribution in [3.05, 3.63) is 30.2 Å². The monoisotopic (exact) mass is 219 g/mol. The van der Waals surface area contributed by atoms with Gasteiger partial charge in [0.15, 0.2) is 0 Å². The van der Waals surface area contributed by atoms with Gasteiger partial charge in [-0.25, -0.2) is 4.98 Å². The maximum Gasteiger partial charge on any atom is 0.342 e. The molecule has 2 aromatic rings. The Morgan fingerprint density at radius 1 is 1.44 bits per heavy atom. The first-order valence-corrected chi connectivity index (χ1v) is 4.90. The van der Waals surface area contributed by atoms with Crippen molar-refractivity contribution in [2.75, 3.05) is 0 Å². The summed E-state index contributed by atoms with van der Waals surface area (Å²) in [7, 11) is 1.77. The molecule has 2 aromatic heterocycles. The lowest BCUT2D eigenvalue weighted by Gasteiger charge is -2.06. The second-order valence-electron chi connectivity index (χ2n) is 3.52. The summed E-state index contributed by atoms with van der Waals surface area (Å²) in [4.78, 5) is 8.00. The number of hydrogen-bond acceptors (Lipinski definition) is 5. The van der Waals surface area contributed by atoms with Gasteiger partial charge in [0.1, 0.15) is 6.33 Å². The Kier molecular flexibility index (Phi) is 2.82. The molecule has 0 aromatic carbocycles. The van der Waals surface area contributed by atoms with E-state index in [1.165, 1.54) is 0 Å². The van der Waals surface area contributed by atoms with E-state index >= 15 is 0 Å². The summed E-state index contributed by atoms with van der Waals surface area (Å²) in [5.74, 6) is 0.445. The second-order valence-corrected chi connectivity index (χ2v) is 3.52. The van der Waals surface area contributed by atoms with E-state index in [4.69, 9.17) is 10.5 Å². The van der Waals surface area contributed by atoms with Crippen LogP contribution >= 0.6 is 0 Å². The van der Waals surface area contributed by atoms with Gasteiger partial charge in [0.05, 0.1) is 0 Å². The van der Waals surface area contributed by atoms with Gasteiger partial charge in [-0.2, -0.15) is 4.98 Å². The molecule has 0 aliphatic carbocycles. The van der Waals surface area contributed by atoms with Crippen LogP contribution in [0.1, 0.15) is 18.5 Å². The molecule has 0 bridgehead atoms. The maximum atomic E-state index is 5.76. The van der Waals surface area contributed by atoms with Crippen LogP contribution in [0, 0.1) is 0 Å². The molecule has 2 heterocycles. The van der Waals surface area contributed by atoms with Crippen molar-refractivity contribution in [3.8, 4) is 11.9 Å². The first-order valence-electron chi connectivity index (χ1n) is 4.90. The largest absolute Gasteiger partial charge is 0.404 e. The number of ether oxygens (including phenoxy) is 1. The quantitative estimate of drug-likeness (QED) is 0.833. The summed E-state index contributed by atoms with van der Waals surface area (Å²) < 4.78 is 6.94. The topological polar surface area (TPSA) is 78.9 Å². The smallest absolute Gasteiger partial charge is 0.342 e. The fourth-order valence-corrected chi connectivity index (χ4v) is 1.22. The molecular formula is C10H13N5O. The molecular weight excluding hydrogens is 206 g/mol. The first kappa shape index (κ1) is 10.6. The van der Waals surface area contributed by atoms with E-state index in [0.29, 0.717) is 5.88 Å². The normalized spacial score (nSPS) is 12.4. The van der Waals surface area contributed by atoms with E-state index < -0.39 is 0 Å². The maximum absolute atomic E-state index is 5.76. The summed E-state index contributed by atoms with van der Waals surface area (Å²) >= 11 is 0. The van der Waals surface area contributed by atoms with Crippen molar-refractivity contribution in [2.45, 2.75) is 13.0 Å². The zero-order valence-electron chi connectivity index (χ0n) is 9.16. The van der Waals surface area contributed by atoms with Crippen LogP contribution in [-0.4, -0.2) is 19.7 Å². The Morgan fingerprint density at radius 2 is 2.25 bits per heavy atom. The highest BCUT2D eigenvalue weighted by molar-refractivity contribution is 5.24. The summed E-state index contributed by atoms with van der Waals surface area (Å²) in [6, 6.07) is 3.85. The molecule has 0 aliphatic heterocycles. The first-order chi connectivity index (χ1) is 7.65. The lowest BCUT2D eigenvalue weighted by atomic mass is 10.1. The SMILES string of the molecule is CC(N)c1ccnc(Oc2ncn(C)n2)c1. The van der Waals surface area contributed by atoms with Crippen LogP contribution in [0.15, 0.2) is 24.7 Å². The summed E-state index contributed by atoms with van der Waals surface area (Å²) in [6.07, 6.45) is 3.21. The molecule has 0 saturated carbocycles. The Balaban J connectivity index is 2.18. The molecule has 1 atom stereocenters. The molecule has 2 N–H and O–H groups in total. The van der Waals surface area contributed by atoms with Gasteiger partial charge < -0.3 is 10.5 Å². The molecule has 84 valence electrons. The molecule has 1 unspecified atom stereocenters. The molecule has 0 radical (unpaired) electrons. The van der Waals surface area contributed by atoms with E-state index in [-0.39, 0.29) is 12.1 Å². The van der Waals surface area contributed by atoms with Crippen LogP contribution in [0.5, 0.6) is 11.9 Å². The lowest BCUT2D eigenvalue weighted by Crippen LogP contribution is -2.05. The number of nitrogens with zero attached hydrogens (tertiary/aromatic N) is 4. The Hall–Kier alpha value is -1.95. The van der Waals surface area contributed by atoms with E-state index in [9.17, 15) is 0 Å². The van der Waals surface area contributed by atoms with Gasteiger partial charge in [0, 0.05) is 25.4 Å². The van der Waals surface area contributed by atoms with E-state index in [2.05, 4.69) is 15.1 Å². The predicted molar refractivity (Wildman–Crippen MR) is 57.9 cm³/mol. The van der Waals surface area contributed by atoms with Crippen molar-refractivity contribution in [1.29, 1.82) is 0 Å². The average molecular weight is 219 g/mol. The summed E-state index contributed by atoms with van der Waals surface area (Å²) in [5.41, 5.74) is 6.72. The van der Waals surface area contributed by atoms with Crippen molar-refractivity contribution < 1.29 is 4.74 Å². The molecule has 16 heavy (non-hydrogen) atoms. The van der Waals surface area contributed by atoms with E-state index in [1.807, 2.05) is 13.0 Å². The standard InChI is InChI=1S/C10H13N5O/c1-7(11)8-3-4-12-9(5-8)16-10-13-6-15(2)14-10/h3-7H,11H2,1-2H3. The zero-order chi connectivity index (χ0) is 11.5. The van der Waals surface area contributed by atoms with Crippen LogP contribution in [0.25, 0.3) is 0 Å². The fourth-order valence-electron chi connectivity index (χ4n) is 1.22. The molecule has 0 aliphatic rings. The number of pyridine rings is 1. The molecule has 0 saturated heterocycles. The lowest BCUT2D eigenvalue weighted by molar-refractivity contribution is 0.421. The minimum absolute atomic E-state index is 0.0537. The second kappa shape index (κ2) is 4.28. The molecule has 6 heteroatoms. The predicted octanol–water partition coefficient (Wildman–Crippen LogP) is 1.02. The van der Waals surface area contributed by atoms with Gasteiger partial charge in [0.2, 0.25) is 5.88 Å². The summed E-state index contributed by atoms with van der Waals surface area (Å²) in [5, 5.41) is 3.99. The highest BCUT2D eigenvalue weighted by Crippen LogP contribution is 2.18. The molecule has 2 rings (SSSR count). The van der Waals surface area contributed by atoms with Gasteiger partial charge in [-0.05, 0) is 18.6 Å². The highest BCUT2D eigenvalue weighted by atomic mass is 16.5. The Morgan fingerprint density at radius 3 is 2.88 bits per heavy atom.